The van der Waals surface area contributed by atoms with E-state index < -0.39 is 9.84 Å². The number of hydrogen-bond donors (Lipinski definition) is 1. The quantitative estimate of drug-likeness (QED) is 0.698. The summed E-state index contributed by atoms with van der Waals surface area (Å²) < 4.78 is 30.0. The fourth-order valence-corrected chi connectivity index (χ4v) is 4.51. The maximum absolute atomic E-state index is 12.4. The molecule has 2 aromatic heterocycles. The van der Waals surface area contributed by atoms with Crippen LogP contribution >= 0.6 is 11.3 Å². The van der Waals surface area contributed by atoms with Crippen molar-refractivity contribution in [2.24, 2.45) is 0 Å². The van der Waals surface area contributed by atoms with Crippen molar-refractivity contribution in [3.05, 3.63) is 58.8 Å². The maximum Gasteiger partial charge on any atom is 0.263 e. The number of sulfone groups is 1. The molecule has 2 heterocycles. The predicted molar refractivity (Wildman–Crippen MR) is 100 cm³/mol. The lowest BCUT2D eigenvalue weighted by molar-refractivity contribution is 0.0959. The molecule has 6 nitrogen and oxygen atoms in total. The topological polar surface area (TPSA) is 89.3 Å². The standard InChI is InChI=1S/C18H18N2O4S2/c1-12-8-9-15(24-12)18-20-13(2)16(25-18)17(21)19-10-11-26(22,23)14-6-4-3-5-7-14/h3-9H,10-11H2,1-2H3,(H,19,21). The summed E-state index contributed by atoms with van der Waals surface area (Å²) >= 11 is 1.22. The van der Waals surface area contributed by atoms with Gasteiger partial charge in [-0.25, -0.2) is 13.4 Å². The molecule has 26 heavy (non-hydrogen) atoms. The van der Waals surface area contributed by atoms with E-state index in [4.69, 9.17) is 4.42 Å². The van der Waals surface area contributed by atoms with Crippen LogP contribution < -0.4 is 5.32 Å². The second kappa shape index (κ2) is 7.43. The molecule has 0 spiro atoms. The Balaban J connectivity index is 1.65. The zero-order valence-corrected chi connectivity index (χ0v) is 16.0. The van der Waals surface area contributed by atoms with E-state index in [9.17, 15) is 13.2 Å². The largest absolute Gasteiger partial charge is 0.459 e. The first-order chi connectivity index (χ1) is 12.4. The molecule has 0 atom stereocenters. The molecule has 0 saturated carbocycles. The highest BCUT2D eigenvalue weighted by atomic mass is 32.2. The minimum Gasteiger partial charge on any atom is -0.459 e. The summed E-state index contributed by atoms with van der Waals surface area (Å²) in [5, 5.41) is 3.28. The summed E-state index contributed by atoms with van der Waals surface area (Å²) in [5.41, 5.74) is 0.586. The highest BCUT2D eigenvalue weighted by Crippen LogP contribution is 2.29. The van der Waals surface area contributed by atoms with Crippen LogP contribution in [0.4, 0.5) is 0 Å². The Kier molecular flexibility index (Phi) is 5.24. The molecule has 0 saturated heterocycles. The van der Waals surface area contributed by atoms with E-state index in [1.54, 1.807) is 37.3 Å². The van der Waals surface area contributed by atoms with Gasteiger partial charge in [0.1, 0.15) is 10.6 Å². The van der Waals surface area contributed by atoms with E-state index in [-0.39, 0.29) is 23.1 Å². The van der Waals surface area contributed by atoms with E-state index in [0.29, 0.717) is 21.3 Å². The fraction of sp³-hybridized carbons (Fsp3) is 0.222. The minimum atomic E-state index is -3.43. The van der Waals surface area contributed by atoms with Gasteiger partial charge in [-0.3, -0.25) is 4.79 Å². The predicted octanol–water partition coefficient (Wildman–Crippen LogP) is 3.22. The average Bonchev–Trinajstić information content (AvgIpc) is 3.21. The number of aromatic nitrogens is 1. The minimum absolute atomic E-state index is 0.0304. The van der Waals surface area contributed by atoms with Crippen LogP contribution in [0.25, 0.3) is 10.8 Å². The molecule has 8 heteroatoms. The Labute approximate surface area is 155 Å². The Morgan fingerprint density at radius 2 is 1.88 bits per heavy atom. The van der Waals surface area contributed by atoms with Crippen LogP contribution in [-0.4, -0.2) is 31.6 Å². The second-order valence-electron chi connectivity index (χ2n) is 5.73. The van der Waals surface area contributed by atoms with Gasteiger partial charge in [-0.05, 0) is 38.1 Å². The first kappa shape index (κ1) is 18.3. The number of benzene rings is 1. The van der Waals surface area contributed by atoms with Gasteiger partial charge in [0.05, 0.1) is 16.3 Å². The van der Waals surface area contributed by atoms with Gasteiger partial charge in [-0.2, -0.15) is 0 Å². The van der Waals surface area contributed by atoms with Crippen LogP contribution in [0.2, 0.25) is 0 Å². The van der Waals surface area contributed by atoms with Crippen LogP contribution in [0.3, 0.4) is 0 Å². The van der Waals surface area contributed by atoms with Crippen molar-refractivity contribution in [3.63, 3.8) is 0 Å². The second-order valence-corrected chi connectivity index (χ2v) is 8.84. The third-order valence-corrected chi connectivity index (χ3v) is 6.62. The van der Waals surface area contributed by atoms with Crippen molar-refractivity contribution in [2.45, 2.75) is 18.7 Å². The molecule has 3 rings (SSSR count). The number of aryl methyl sites for hydroxylation is 2. The molecular weight excluding hydrogens is 372 g/mol. The van der Waals surface area contributed by atoms with Crippen molar-refractivity contribution in [3.8, 4) is 10.8 Å². The Morgan fingerprint density at radius 3 is 2.54 bits per heavy atom. The molecule has 0 unspecified atom stereocenters. The van der Waals surface area contributed by atoms with E-state index >= 15 is 0 Å². The van der Waals surface area contributed by atoms with Gasteiger partial charge in [-0.1, -0.05) is 18.2 Å². The smallest absolute Gasteiger partial charge is 0.263 e. The van der Waals surface area contributed by atoms with Crippen LogP contribution in [0, 0.1) is 13.8 Å². The van der Waals surface area contributed by atoms with E-state index in [1.807, 2.05) is 19.1 Å². The number of thiazole rings is 1. The Morgan fingerprint density at radius 1 is 1.15 bits per heavy atom. The molecular formula is C18H18N2O4S2. The Hall–Kier alpha value is -2.45. The average molecular weight is 390 g/mol. The number of amides is 1. The van der Waals surface area contributed by atoms with Gasteiger partial charge in [-0.15, -0.1) is 11.3 Å². The number of furan rings is 1. The number of hydrogen-bond acceptors (Lipinski definition) is 6. The molecule has 1 N–H and O–H groups in total. The molecule has 0 bridgehead atoms. The van der Waals surface area contributed by atoms with Crippen molar-refractivity contribution in [1.29, 1.82) is 0 Å². The molecule has 1 amide bonds. The van der Waals surface area contributed by atoms with Crippen molar-refractivity contribution < 1.29 is 17.6 Å². The third-order valence-electron chi connectivity index (χ3n) is 3.71. The van der Waals surface area contributed by atoms with Gasteiger partial charge in [0.25, 0.3) is 5.91 Å². The summed E-state index contributed by atoms with van der Waals surface area (Å²) in [7, 11) is -3.43. The summed E-state index contributed by atoms with van der Waals surface area (Å²) in [4.78, 5) is 17.4. The SMILES string of the molecule is Cc1ccc(-c2nc(C)c(C(=O)NCCS(=O)(=O)c3ccccc3)s2)o1. The molecule has 0 aliphatic carbocycles. The van der Waals surface area contributed by atoms with Crippen LogP contribution in [0.5, 0.6) is 0 Å². The third kappa shape index (κ3) is 4.03. The highest BCUT2D eigenvalue weighted by Gasteiger charge is 2.19. The summed E-state index contributed by atoms with van der Waals surface area (Å²) in [6.07, 6.45) is 0. The number of nitrogens with zero attached hydrogens (tertiary/aromatic N) is 1. The van der Waals surface area contributed by atoms with Crippen molar-refractivity contribution in [1.82, 2.24) is 10.3 Å². The monoisotopic (exact) mass is 390 g/mol. The number of rotatable bonds is 6. The van der Waals surface area contributed by atoms with Crippen LogP contribution in [0.1, 0.15) is 21.1 Å². The first-order valence-electron chi connectivity index (χ1n) is 7.97. The Bertz CT molecular complexity index is 1020. The van der Waals surface area contributed by atoms with Crippen molar-refractivity contribution >= 4 is 27.1 Å². The zero-order chi connectivity index (χ0) is 18.7. The van der Waals surface area contributed by atoms with Gasteiger partial charge >= 0.3 is 0 Å². The van der Waals surface area contributed by atoms with Gasteiger partial charge < -0.3 is 9.73 Å². The van der Waals surface area contributed by atoms with Crippen molar-refractivity contribution in [2.75, 3.05) is 12.3 Å². The zero-order valence-electron chi connectivity index (χ0n) is 14.4. The number of carbonyl (C=O) groups is 1. The molecule has 3 aromatic rings. The van der Waals surface area contributed by atoms with Crippen LogP contribution in [-0.2, 0) is 9.84 Å². The lowest BCUT2D eigenvalue weighted by Crippen LogP contribution is -2.29. The molecule has 0 fully saturated rings. The number of carbonyl (C=O) groups excluding carboxylic acids is 1. The summed E-state index contributed by atoms with van der Waals surface area (Å²) in [6, 6.07) is 11.8. The van der Waals surface area contributed by atoms with Gasteiger partial charge in [0, 0.05) is 6.54 Å². The maximum atomic E-state index is 12.4. The lowest BCUT2D eigenvalue weighted by Gasteiger charge is -2.06. The van der Waals surface area contributed by atoms with Crippen LogP contribution in [0.15, 0.2) is 51.8 Å². The van der Waals surface area contributed by atoms with E-state index in [0.717, 1.165) is 5.76 Å². The molecule has 136 valence electrons. The lowest BCUT2D eigenvalue weighted by atomic mass is 10.3. The molecule has 0 radical (unpaired) electrons. The van der Waals surface area contributed by atoms with E-state index in [1.165, 1.54) is 11.3 Å². The summed E-state index contributed by atoms with van der Waals surface area (Å²) in [6.45, 7) is 3.61. The molecule has 0 aliphatic heterocycles. The highest BCUT2D eigenvalue weighted by molar-refractivity contribution is 7.91. The first-order valence-corrected chi connectivity index (χ1v) is 10.4. The van der Waals surface area contributed by atoms with Gasteiger partial charge in [0.2, 0.25) is 0 Å². The van der Waals surface area contributed by atoms with Gasteiger partial charge in [0.15, 0.2) is 20.6 Å². The fourth-order valence-electron chi connectivity index (χ4n) is 2.39. The number of nitrogens with one attached hydrogen (secondary N) is 1. The molecule has 1 aromatic carbocycles. The normalized spacial score (nSPS) is 11.5. The molecule has 0 aliphatic rings. The van der Waals surface area contributed by atoms with E-state index in [2.05, 4.69) is 10.3 Å². The summed E-state index contributed by atoms with van der Waals surface area (Å²) in [5.74, 6) is 0.884.